The van der Waals surface area contributed by atoms with Gasteiger partial charge in [-0.05, 0) is 42.2 Å². The highest BCUT2D eigenvalue weighted by Gasteiger charge is 2.15. The molecule has 0 radical (unpaired) electrons. The Morgan fingerprint density at radius 3 is 2.87 bits per heavy atom. The van der Waals surface area contributed by atoms with Crippen LogP contribution in [-0.4, -0.2) is 18.2 Å². The standard InChI is InChI=1S/C12H12O3/c1-15-11-5-4-8-6-10(12(13)14)3-2-9(8)7-11/h4-7H,2-3H2,1H3,(H,13,14). The summed E-state index contributed by atoms with van der Waals surface area (Å²) in [5, 5.41) is 8.87. The zero-order chi connectivity index (χ0) is 10.8. The summed E-state index contributed by atoms with van der Waals surface area (Å²) in [6, 6.07) is 5.71. The molecule has 0 amide bonds. The van der Waals surface area contributed by atoms with Crippen LogP contribution in [0.5, 0.6) is 5.75 Å². The minimum absolute atomic E-state index is 0.479. The number of aliphatic carboxylic acids is 1. The van der Waals surface area contributed by atoms with Gasteiger partial charge in [-0.15, -0.1) is 0 Å². The van der Waals surface area contributed by atoms with Crippen LogP contribution in [0.25, 0.3) is 6.08 Å². The first kappa shape index (κ1) is 9.77. The highest BCUT2D eigenvalue weighted by atomic mass is 16.5. The largest absolute Gasteiger partial charge is 0.497 e. The van der Waals surface area contributed by atoms with Gasteiger partial charge >= 0.3 is 5.97 Å². The zero-order valence-electron chi connectivity index (χ0n) is 8.49. The molecule has 0 heterocycles. The average Bonchev–Trinajstić information content (AvgIpc) is 2.27. The molecule has 0 atom stereocenters. The van der Waals surface area contributed by atoms with Gasteiger partial charge in [0.2, 0.25) is 0 Å². The molecule has 0 aromatic heterocycles. The van der Waals surface area contributed by atoms with Crippen LogP contribution in [-0.2, 0) is 11.2 Å². The molecule has 1 aromatic carbocycles. The van der Waals surface area contributed by atoms with E-state index in [2.05, 4.69) is 0 Å². The summed E-state index contributed by atoms with van der Waals surface area (Å²) in [5.74, 6) is -0.00241. The lowest BCUT2D eigenvalue weighted by Crippen LogP contribution is -2.07. The van der Waals surface area contributed by atoms with Gasteiger partial charge in [0.25, 0.3) is 0 Å². The van der Waals surface area contributed by atoms with Crippen LogP contribution in [0.1, 0.15) is 17.5 Å². The predicted molar refractivity (Wildman–Crippen MR) is 56.9 cm³/mol. The van der Waals surface area contributed by atoms with Crippen molar-refractivity contribution in [3.63, 3.8) is 0 Å². The van der Waals surface area contributed by atoms with Crippen molar-refractivity contribution in [2.45, 2.75) is 12.8 Å². The minimum atomic E-state index is -0.823. The molecule has 0 fully saturated rings. The number of carbonyl (C=O) groups is 1. The Labute approximate surface area is 88.0 Å². The molecule has 78 valence electrons. The molecule has 1 N–H and O–H groups in total. The molecular weight excluding hydrogens is 192 g/mol. The maximum absolute atomic E-state index is 10.8. The van der Waals surface area contributed by atoms with Crippen molar-refractivity contribution < 1.29 is 14.6 Å². The van der Waals surface area contributed by atoms with Crippen LogP contribution in [0.3, 0.4) is 0 Å². The van der Waals surface area contributed by atoms with E-state index in [1.807, 2.05) is 18.2 Å². The molecule has 1 aromatic rings. The number of hydrogen-bond acceptors (Lipinski definition) is 2. The van der Waals surface area contributed by atoms with Crippen molar-refractivity contribution in [3.8, 4) is 5.75 Å². The summed E-state index contributed by atoms with van der Waals surface area (Å²) in [6.45, 7) is 0. The van der Waals surface area contributed by atoms with Crippen LogP contribution in [0.2, 0.25) is 0 Å². The molecule has 0 saturated heterocycles. The number of benzene rings is 1. The number of aryl methyl sites for hydroxylation is 1. The van der Waals surface area contributed by atoms with Crippen molar-refractivity contribution in [2.75, 3.05) is 7.11 Å². The van der Waals surface area contributed by atoms with Gasteiger partial charge in [-0.3, -0.25) is 0 Å². The number of hydrogen-bond donors (Lipinski definition) is 1. The Hall–Kier alpha value is -1.77. The Morgan fingerprint density at radius 1 is 1.40 bits per heavy atom. The SMILES string of the molecule is COc1ccc2c(c1)CCC(C(=O)O)=C2. The molecule has 0 bridgehead atoms. The molecule has 0 saturated carbocycles. The maximum Gasteiger partial charge on any atom is 0.331 e. The monoisotopic (exact) mass is 204 g/mol. The molecule has 2 rings (SSSR count). The Bertz CT molecular complexity index is 432. The van der Waals surface area contributed by atoms with Gasteiger partial charge < -0.3 is 9.84 Å². The van der Waals surface area contributed by atoms with Gasteiger partial charge in [-0.2, -0.15) is 0 Å². The van der Waals surface area contributed by atoms with Crippen molar-refractivity contribution in [3.05, 3.63) is 34.9 Å². The number of methoxy groups -OCH3 is 1. The molecule has 1 aliphatic carbocycles. The zero-order valence-corrected chi connectivity index (χ0v) is 8.49. The lowest BCUT2D eigenvalue weighted by Gasteiger charge is -2.14. The lowest BCUT2D eigenvalue weighted by atomic mass is 9.92. The number of ether oxygens (including phenoxy) is 1. The number of rotatable bonds is 2. The van der Waals surface area contributed by atoms with Crippen LogP contribution in [0.4, 0.5) is 0 Å². The van der Waals surface area contributed by atoms with Gasteiger partial charge in [0.1, 0.15) is 5.75 Å². The Morgan fingerprint density at radius 2 is 2.20 bits per heavy atom. The Kier molecular flexibility index (Phi) is 2.46. The van der Waals surface area contributed by atoms with E-state index in [1.54, 1.807) is 13.2 Å². The topological polar surface area (TPSA) is 46.5 Å². The van der Waals surface area contributed by atoms with E-state index in [0.29, 0.717) is 12.0 Å². The van der Waals surface area contributed by atoms with E-state index < -0.39 is 5.97 Å². The summed E-state index contributed by atoms with van der Waals surface area (Å²) in [7, 11) is 1.63. The fourth-order valence-electron chi connectivity index (χ4n) is 1.76. The second kappa shape index (κ2) is 3.77. The minimum Gasteiger partial charge on any atom is -0.497 e. The highest BCUT2D eigenvalue weighted by molar-refractivity contribution is 5.93. The molecule has 3 nitrogen and oxygen atoms in total. The molecule has 0 spiro atoms. The van der Waals surface area contributed by atoms with Gasteiger partial charge in [-0.1, -0.05) is 6.07 Å². The van der Waals surface area contributed by atoms with Crippen LogP contribution in [0, 0.1) is 0 Å². The van der Waals surface area contributed by atoms with Crippen molar-refractivity contribution in [1.29, 1.82) is 0 Å². The lowest BCUT2D eigenvalue weighted by molar-refractivity contribution is -0.132. The average molecular weight is 204 g/mol. The van der Waals surface area contributed by atoms with E-state index in [9.17, 15) is 4.79 Å². The summed E-state index contributed by atoms with van der Waals surface area (Å²) < 4.78 is 5.12. The quantitative estimate of drug-likeness (QED) is 0.802. The highest BCUT2D eigenvalue weighted by Crippen LogP contribution is 2.27. The van der Waals surface area contributed by atoms with E-state index in [4.69, 9.17) is 9.84 Å². The number of carboxylic acids is 1. The molecule has 1 aliphatic rings. The molecule has 0 unspecified atom stereocenters. The van der Waals surface area contributed by atoms with E-state index in [-0.39, 0.29) is 0 Å². The predicted octanol–water partition coefficient (Wildman–Crippen LogP) is 2.11. The normalized spacial score (nSPS) is 14.1. The van der Waals surface area contributed by atoms with Gasteiger partial charge in [0, 0.05) is 5.57 Å². The van der Waals surface area contributed by atoms with Crippen LogP contribution < -0.4 is 4.74 Å². The van der Waals surface area contributed by atoms with Crippen molar-refractivity contribution in [1.82, 2.24) is 0 Å². The molecule has 15 heavy (non-hydrogen) atoms. The first-order chi connectivity index (χ1) is 7.20. The first-order valence-corrected chi connectivity index (χ1v) is 4.81. The summed E-state index contributed by atoms with van der Waals surface area (Å²) in [6.07, 6.45) is 3.10. The third-order valence-electron chi connectivity index (χ3n) is 2.62. The fraction of sp³-hybridized carbons (Fsp3) is 0.250. The van der Waals surface area contributed by atoms with Crippen molar-refractivity contribution >= 4 is 12.0 Å². The molecular formula is C12H12O3. The summed E-state index contributed by atoms with van der Waals surface area (Å²) in [4.78, 5) is 10.8. The van der Waals surface area contributed by atoms with E-state index in [1.165, 1.54) is 0 Å². The molecule has 0 aliphatic heterocycles. The Balaban J connectivity index is 2.40. The van der Waals surface area contributed by atoms with Crippen molar-refractivity contribution in [2.24, 2.45) is 0 Å². The fourth-order valence-corrected chi connectivity index (χ4v) is 1.76. The van der Waals surface area contributed by atoms with Gasteiger partial charge in [0.05, 0.1) is 7.11 Å². The number of carboxylic acid groups (broad SMARTS) is 1. The summed E-state index contributed by atoms with van der Waals surface area (Å²) in [5.41, 5.74) is 2.62. The van der Waals surface area contributed by atoms with Crippen LogP contribution in [0.15, 0.2) is 23.8 Å². The summed E-state index contributed by atoms with van der Waals surface area (Å²) >= 11 is 0. The van der Waals surface area contributed by atoms with E-state index in [0.717, 1.165) is 23.3 Å². The van der Waals surface area contributed by atoms with Crippen LogP contribution >= 0.6 is 0 Å². The van der Waals surface area contributed by atoms with Gasteiger partial charge in [-0.25, -0.2) is 4.79 Å². The second-order valence-corrected chi connectivity index (χ2v) is 3.54. The third kappa shape index (κ3) is 1.86. The van der Waals surface area contributed by atoms with Gasteiger partial charge in [0.15, 0.2) is 0 Å². The molecule has 3 heteroatoms. The number of fused-ring (bicyclic) bond motifs is 1. The smallest absolute Gasteiger partial charge is 0.331 e. The maximum atomic E-state index is 10.8. The van der Waals surface area contributed by atoms with E-state index >= 15 is 0 Å². The second-order valence-electron chi connectivity index (χ2n) is 3.54. The first-order valence-electron chi connectivity index (χ1n) is 4.81. The third-order valence-corrected chi connectivity index (χ3v) is 2.62.